The topological polar surface area (TPSA) is 26.0 Å². The first-order chi connectivity index (χ1) is 5.65. The Bertz CT molecular complexity index is 271. The third kappa shape index (κ3) is 1.83. The molecule has 0 aromatic heterocycles. The molecule has 1 nitrogen and oxygen atoms in total. The molecule has 1 aromatic carbocycles. The van der Waals surface area contributed by atoms with Crippen LogP contribution in [0.3, 0.4) is 0 Å². The Morgan fingerprint density at radius 3 is 2.67 bits per heavy atom. The van der Waals surface area contributed by atoms with Crippen LogP contribution in [-0.4, -0.2) is 6.67 Å². The van der Waals surface area contributed by atoms with Crippen LogP contribution >= 0.6 is 0 Å². The van der Waals surface area contributed by atoms with Gasteiger partial charge in [0.25, 0.3) is 0 Å². The zero-order valence-corrected chi connectivity index (χ0v) is 7.47. The van der Waals surface area contributed by atoms with Crippen molar-refractivity contribution in [3.8, 4) is 0 Å². The second kappa shape index (κ2) is 3.68. The molecule has 1 atom stereocenters. The molecule has 0 radical (unpaired) electrons. The quantitative estimate of drug-likeness (QED) is 0.718. The molecule has 0 spiro atoms. The van der Waals surface area contributed by atoms with Crippen LogP contribution in [0.4, 0.5) is 4.39 Å². The van der Waals surface area contributed by atoms with Crippen LogP contribution in [0.1, 0.15) is 22.7 Å². The zero-order chi connectivity index (χ0) is 9.14. The highest BCUT2D eigenvalue weighted by Gasteiger charge is 2.07. The number of aryl methyl sites for hydroxylation is 2. The lowest BCUT2D eigenvalue weighted by Gasteiger charge is -2.11. The summed E-state index contributed by atoms with van der Waals surface area (Å²) in [5.74, 6) is 0. The van der Waals surface area contributed by atoms with Crippen molar-refractivity contribution in [2.24, 2.45) is 5.73 Å². The number of nitrogens with two attached hydrogens (primary N) is 1. The fourth-order valence-corrected chi connectivity index (χ4v) is 1.24. The molecular weight excluding hydrogens is 153 g/mol. The van der Waals surface area contributed by atoms with Crippen molar-refractivity contribution >= 4 is 0 Å². The van der Waals surface area contributed by atoms with Gasteiger partial charge in [-0.05, 0) is 25.0 Å². The molecule has 2 N–H and O–H groups in total. The number of hydrogen-bond donors (Lipinski definition) is 1. The van der Waals surface area contributed by atoms with Crippen molar-refractivity contribution < 1.29 is 4.39 Å². The van der Waals surface area contributed by atoms with Crippen LogP contribution in [-0.2, 0) is 0 Å². The van der Waals surface area contributed by atoms with E-state index in [0.717, 1.165) is 16.7 Å². The summed E-state index contributed by atoms with van der Waals surface area (Å²) >= 11 is 0. The second-order valence-corrected chi connectivity index (χ2v) is 3.12. The third-order valence-electron chi connectivity index (χ3n) is 2.00. The predicted octanol–water partition coefficient (Wildman–Crippen LogP) is 2.27. The standard InChI is InChI=1S/C10H14FN/c1-7-3-4-8(2)9(5-7)10(12)6-11/h3-5,10H,6,12H2,1-2H3. The van der Waals surface area contributed by atoms with Crippen LogP contribution in [0.2, 0.25) is 0 Å². The summed E-state index contributed by atoms with van der Waals surface area (Å²) in [6, 6.07) is 5.45. The van der Waals surface area contributed by atoms with E-state index >= 15 is 0 Å². The lowest BCUT2D eigenvalue weighted by Crippen LogP contribution is -2.13. The van der Waals surface area contributed by atoms with Crippen LogP contribution < -0.4 is 5.73 Å². The Kier molecular flexibility index (Phi) is 2.82. The fraction of sp³-hybridized carbons (Fsp3) is 0.400. The van der Waals surface area contributed by atoms with Crippen molar-refractivity contribution in [1.29, 1.82) is 0 Å². The van der Waals surface area contributed by atoms with E-state index in [2.05, 4.69) is 0 Å². The van der Waals surface area contributed by atoms with Gasteiger partial charge in [0.2, 0.25) is 0 Å². The van der Waals surface area contributed by atoms with Crippen molar-refractivity contribution in [1.82, 2.24) is 0 Å². The summed E-state index contributed by atoms with van der Waals surface area (Å²) in [5.41, 5.74) is 8.69. The highest BCUT2D eigenvalue weighted by atomic mass is 19.1. The summed E-state index contributed by atoms with van der Waals surface area (Å²) in [7, 11) is 0. The smallest absolute Gasteiger partial charge is 0.109 e. The zero-order valence-electron chi connectivity index (χ0n) is 7.47. The maximum Gasteiger partial charge on any atom is 0.109 e. The van der Waals surface area contributed by atoms with E-state index in [4.69, 9.17) is 5.73 Å². The molecule has 1 unspecified atom stereocenters. The van der Waals surface area contributed by atoms with E-state index in [-0.39, 0.29) is 0 Å². The number of hydrogen-bond acceptors (Lipinski definition) is 1. The Hall–Kier alpha value is -0.890. The molecule has 1 aromatic rings. The van der Waals surface area contributed by atoms with E-state index < -0.39 is 12.7 Å². The molecule has 0 saturated heterocycles. The van der Waals surface area contributed by atoms with Gasteiger partial charge < -0.3 is 5.73 Å². The highest BCUT2D eigenvalue weighted by Crippen LogP contribution is 2.17. The van der Waals surface area contributed by atoms with Gasteiger partial charge in [0.05, 0.1) is 6.04 Å². The molecule has 0 amide bonds. The Morgan fingerprint density at radius 2 is 2.08 bits per heavy atom. The van der Waals surface area contributed by atoms with Crippen LogP contribution in [0.5, 0.6) is 0 Å². The Balaban J connectivity index is 3.04. The number of benzene rings is 1. The molecule has 0 heterocycles. The van der Waals surface area contributed by atoms with Gasteiger partial charge in [-0.2, -0.15) is 0 Å². The van der Waals surface area contributed by atoms with E-state index in [9.17, 15) is 4.39 Å². The lowest BCUT2D eigenvalue weighted by molar-refractivity contribution is 0.436. The SMILES string of the molecule is Cc1ccc(C)c(C(N)CF)c1. The van der Waals surface area contributed by atoms with Crippen LogP contribution in [0, 0.1) is 13.8 Å². The molecule has 2 heteroatoms. The number of alkyl halides is 1. The van der Waals surface area contributed by atoms with Gasteiger partial charge in [0.15, 0.2) is 0 Å². The van der Waals surface area contributed by atoms with Gasteiger partial charge in [0, 0.05) is 0 Å². The lowest BCUT2D eigenvalue weighted by atomic mass is 10.0. The van der Waals surface area contributed by atoms with Crippen molar-refractivity contribution in [3.63, 3.8) is 0 Å². The maximum absolute atomic E-state index is 12.3. The highest BCUT2D eigenvalue weighted by molar-refractivity contribution is 5.32. The Morgan fingerprint density at radius 1 is 1.42 bits per heavy atom. The Labute approximate surface area is 72.4 Å². The number of rotatable bonds is 2. The van der Waals surface area contributed by atoms with Crippen molar-refractivity contribution in [3.05, 3.63) is 34.9 Å². The molecule has 0 aliphatic rings. The van der Waals surface area contributed by atoms with E-state index in [1.54, 1.807) is 0 Å². The molecule has 0 aliphatic heterocycles. The molecule has 0 aliphatic carbocycles. The second-order valence-electron chi connectivity index (χ2n) is 3.12. The maximum atomic E-state index is 12.3. The van der Waals surface area contributed by atoms with Gasteiger partial charge in [-0.3, -0.25) is 0 Å². The summed E-state index contributed by atoms with van der Waals surface area (Å²) in [6.45, 7) is 3.43. The first kappa shape index (κ1) is 9.20. The molecule has 0 fully saturated rings. The molecule has 0 saturated carbocycles. The van der Waals surface area contributed by atoms with E-state index in [0.29, 0.717) is 0 Å². The van der Waals surface area contributed by atoms with Gasteiger partial charge in [-0.15, -0.1) is 0 Å². The first-order valence-electron chi connectivity index (χ1n) is 4.04. The molecule has 1 rings (SSSR count). The van der Waals surface area contributed by atoms with Gasteiger partial charge in [0.1, 0.15) is 6.67 Å². The predicted molar refractivity (Wildman–Crippen MR) is 48.8 cm³/mol. The van der Waals surface area contributed by atoms with Gasteiger partial charge in [-0.25, -0.2) is 4.39 Å². The summed E-state index contributed by atoms with van der Waals surface area (Å²) < 4.78 is 12.3. The molecule has 66 valence electrons. The minimum atomic E-state index is -0.496. The van der Waals surface area contributed by atoms with Gasteiger partial charge >= 0.3 is 0 Å². The normalized spacial score (nSPS) is 13.0. The molecular formula is C10H14FN. The van der Waals surface area contributed by atoms with Crippen LogP contribution in [0.15, 0.2) is 18.2 Å². The molecule has 12 heavy (non-hydrogen) atoms. The van der Waals surface area contributed by atoms with Gasteiger partial charge in [-0.1, -0.05) is 23.8 Å². The first-order valence-corrected chi connectivity index (χ1v) is 4.04. The average Bonchev–Trinajstić information content (AvgIpc) is 2.08. The number of halogens is 1. The van der Waals surface area contributed by atoms with E-state index in [1.807, 2.05) is 32.0 Å². The summed E-state index contributed by atoms with van der Waals surface area (Å²) in [6.07, 6.45) is 0. The minimum Gasteiger partial charge on any atom is -0.322 e. The van der Waals surface area contributed by atoms with Crippen LogP contribution in [0.25, 0.3) is 0 Å². The fourth-order valence-electron chi connectivity index (χ4n) is 1.24. The summed E-state index contributed by atoms with van der Waals surface area (Å²) in [5, 5.41) is 0. The largest absolute Gasteiger partial charge is 0.322 e. The third-order valence-corrected chi connectivity index (χ3v) is 2.00. The van der Waals surface area contributed by atoms with Crippen molar-refractivity contribution in [2.75, 3.05) is 6.67 Å². The monoisotopic (exact) mass is 167 g/mol. The molecule has 0 bridgehead atoms. The average molecular weight is 167 g/mol. The van der Waals surface area contributed by atoms with E-state index in [1.165, 1.54) is 0 Å². The van der Waals surface area contributed by atoms with Crippen molar-refractivity contribution in [2.45, 2.75) is 19.9 Å². The summed E-state index contributed by atoms with van der Waals surface area (Å²) in [4.78, 5) is 0. The minimum absolute atomic E-state index is 0.468.